The minimum absolute atomic E-state index is 0. The molecule has 3 aromatic heterocycles. The summed E-state index contributed by atoms with van der Waals surface area (Å²) in [4.78, 5) is 12.2. The van der Waals surface area contributed by atoms with Crippen molar-refractivity contribution >= 4 is 39.9 Å². The van der Waals surface area contributed by atoms with Crippen LogP contribution >= 0.6 is 0 Å². The molecule has 0 N–H and O–H groups in total. The number of aryl methyl sites for hydroxylation is 2. The molecule has 0 aliphatic carbocycles. The Bertz CT molecular complexity index is 2560. The SMILES string of the molecule is Cc1cnc(-n2c3[c-]c(Oc4[c-]c5c(cc4)N(C)B(c4c(C(C)(C)C)cc(C(C)(C)C)cc4C(C)(C)C)n4ccnc4-5)ccc3c3ccccc32)cc1C.[Pt+2]. The van der Waals surface area contributed by atoms with Crippen LogP contribution in [0.4, 0.5) is 5.69 Å². The first-order valence-electron chi connectivity index (χ1n) is 19.0. The minimum atomic E-state index is -0.0932. The summed E-state index contributed by atoms with van der Waals surface area (Å²) in [5.41, 5.74) is 11.6. The summed E-state index contributed by atoms with van der Waals surface area (Å²) in [6.45, 7) is 25.1. The molecule has 8 rings (SSSR count). The van der Waals surface area contributed by atoms with Gasteiger partial charge < -0.3 is 18.6 Å². The molecule has 7 aromatic rings. The van der Waals surface area contributed by atoms with E-state index in [1.165, 1.54) is 27.7 Å². The predicted molar refractivity (Wildman–Crippen MR) is 225 cm³/mol. The zero-order valence-electron chi connectivity index (χ0n) is 34.1. The molecule has 6 nitrogen and oxygen atoms in total. The molecule has 55 heavy (non-hydrogen) atoms. The molecule has 282 valence electrons. The zero-order valence-corrected chi connectivity index (χ0v) is 36.4. The van der Waals surface area contributed by atoms with Crippen molar-refractivity contribution in [3.63, 3.8) is 0 Å². The first-order chi connectivity index (χ1) is 25.4. The van der Waals surface area contributed by atoms with Crippen LogP contribution in [-0.2, 0) is 37.3 Å². The summed E-state index contributed by atoms with van der Waals surface area (Å²) in [5, 5.41) is 2.25. The maximum atomic E-state index is 6.59. The van der Waals surface area contributed by atoms with Gasteiger partial charge in [0, 0.05) is 41.4 Å². The molecule has 0 bridgehead atoms. The number of ether oxygens (including phenoxy) is 1. The number of aromatic nitrogens is 4. The van der Waals surface area contributed by atoms with Gasteiger partial charge in [0.25, 0.3) is 0 Å². The van der Waals surface area contributed by atoms with E-state index >= 15 is 0 Å². The molecule has 0 saturated heterocycles. The van der Waals surface area contributed by atoms with E-state index in [2.05, 4.69) is 170 Å². The molecular weight excluding hydrogens is 856 g/mol. The predicted octanol–water partition coefficient (Wildman–Crippen LogP) is 10.6. The van der Waals surface area contributed by atoms with Crippen molar-refractivity contribution in [1.29, 1.82) is 0 Å². The summed E-state index contributed by atoms with van der Waals surface area (Å²) < 4.78 is 11.1. The number of rotatable bonds is 4. The smallest absolute Gasteiger partial charge is 0.503 e. The molecule has 0 saturated carbocycles. The Morgan fingerprint density at radius 3 is 2.02 bits per heavy atom. The van der Waals surface area contributed by atoms with E-state index in [0.717, 1.165) is 50.3 Å². The topological polar surface area (TPSA) is 48.1 Å². The average molecular weight is 907 g/mol. The first-order valence-corrected chi connectivity index (χ1v) is 19.0. The van der Waals surface area contributed by atoms with E-state index in [9.17, 15) is 0 Å². The summed E-state index contributed by atoms with van der Waals surface area (Å²) in [7, 11) is 2.19. The molecule has 4 heterocycles. The third kappa shape index (κ3) is 6.63. The van der Waals surface area contributed by atoms with Crippen molar-refractivity contribution in [3.8, 4) is 28.7 Å². The van der Waals surface area contributed by atoms with E-state index in [4.69, 9.17) is 14.7 Å². The van der Waals surface area contributed by atoms with Crippen molar-refractivity contribution < 1.29 is 25.8 Å². The van der Waals surface area contributed by atoms with Crippen molar-refractivity contribution in [1.82, 2.24) is 19.0 Å². The van der Waals surface area contributed by atoms with Crippen LogP contribution in [0.2, 0.25) is 0 Å². The van der Waals surface area contributed by atoms with Crippen LogP contribution in [0.15, 0.2) is 85.3 Å². The normalized spacial score (nSPS) is 13.2. The van der Waals surface area contributed by atoms with E-state index in [1.807, 2.05) is 24.5 Å². The van der Waals surface area contributed by atoms with E-state index in [1.54, 1.807) is 0 Å². The largest absolute Gasteiger partial charge is 2.00 e. The number of hydrogen-bond donors (Lipinski definition) is 0. The van der Waals surface area contributed by atoms with Gasteiger partial charge in [-0.1, -0.05) is 122 Å². The molecule has 0 fully saturated rings. The Morgan fingerprint density at radius 1 is 0.709 bits per heavy atom. The third-order valence-corrected chi connectivity index (χ3v) is 11.1. The van der Waals surface area contributed by atoms with E-state index in [-0.39, 0.29) is 44.3 Å². The summed E-state index contributed by atoms with van der Waals surface area (Å²) in [5.74, 6) is 2.96. The first kappa shape index (κ1) is 38.7. The fourth-order valence-corrected chi connectivity index (χ4v) is 7.97. The zero-order chi connectivity index (χ0) is 38.5. The van der Waals surface area contributed by atoms with Crippen LogP contribution in [0.5, 0.6) is 11.5 Å². The summed E-state index contributed by atoms with van der Waals surface area (Å²) in [6.07, 6.45) is 5.96. The number of pyridine rings is 1. The number of anilines is 1. The maximum absolute atomic E-state index is 6.59. The molecular formula is C47H50BN5OPt. The molecule has 1 aliphatic rings. The van der Waals surface area contributed by atoms with Crippen molar-refractivity contribution in [2.45, 2.75) is 92.4 Å². The number of hydrogen-bond acceptors (Lipinski definition) is 4. The Labute approximate surface area is 341 Å². The molecule has 0 radical (unpaired) electrons. The number of para-hydroxylation sites is 1. The molecule has 4 aromatic carbocycles. The van der Waals surface area contributed by atoms with Crippen LogP contribution in [0.3, 0.4) is 0 Å². The second-order valence-electron chi connectivity index (χ2n) is 18.1. The number of nitrogens with zero attached hydrogens (tertiary/aromatic N) is 5. The van der Waals surface area contributed by atoms with Gasteiger partial charge in [0.2, 0.25) is 0 Å². The minimum Gasteiger partial charge on any atom is -0.503 e. The Kier molecular flexibility index (Phi) is 9.52. The fraction of sp³-hybridized carbons (Fsp3) is 0.319. The van der Waals surface area contributed by atoms with Gasteiger partial charge in [0.15, 0.2) is 0 Å². The van der Waals surface area contributed by atoms with E-state index < -0.39 is 0 Å². The molecule has 0 amide bonds. The Balaban J connectivity index is 0.00000465. The van der Waals surface area contributed by atoms with Gasteiger partial charge in [-0.3, -0.25) is 4.98 Å². The third-order valence-electron chi connectivity index (χ3n) is 11.1. The monoisotopic (exact) mass is 906 g/mol. The molecule has 0 atom stereocenters. The van der Waals surface area contributed by atoms with Crippen LogP contribution in [0, 0.1) is 26.0 Å². The van der Waals surface area contributed by atoms with Gasteiger partial charge in [-0.2, -0.15) is 6.07 Å². The standard InChI is InChI=1S/C47H50BN5O.Pt/c1-29-23-42(50-28-30(29)2)53-40-16-14-13-15-34(40)35-19-17-33(27-41(35)53)54-32-18-20-39-36(26-32)44-49-21-22-52(44)48(51(39)12)43-37(46(6,7)8)24-31(45(3,4)5)25-38(43)47(9,10)11;/h13-25,28H,1-12H3;/q-2;+2. The van der Waals surface area contributed by atoms with Gasteiger partial charge in [-0.15, -0.1) is 23.6 Å². The number of benzene rings is 4. The van der Waals surface area contributed by atoms with Gasteiger partial charge in [-0.05, 0) is 87.9 Å². The van der Waals surface area contributed by atoms with Crippen molar-refractivity contribution in [2.75, 3.05) is 11.9 Å². The Morgan fingerprint density at radius 2 is 1.36 bits per heavy atom. The van der Waals surface area contributed by atoms with Crippen LogP contribution in [0.25, 0.3) is 39.0 Å². The van der Waals surface area contributed by atoms with Crippen molar-refractivity contribution in [3.05, 3.63) is 125 Å². The van der Waals surface area contributed by atoms with Gasteiger partial charge in [-0.25, -0.2) is 4.98 Å². The average Bonchev–Trinajstić information content (AvgIpc) is 3.71. The van der Waals surface area contributed by atoms with Crippen LogP contribution in [0.1, 0.15) is 90.1 Å². The fourth-order valence-electron chi connectivity index (χ4n) is 7.97. The maximum Gasteiger partial charge on any atom is 2.00 e. The van der Waals surface area contributed by atoms with Crippen LogP contribution in [-0.4, -0.2) is 33.0 Å². The number of imidazole rings is 1. The molecule has 0 spiro atoms. The molecule has 8 heteroatoms. The van der Waals surface area contributed by atoms with Gasteiger partial charge >= 0.3 is 28.0 Å². The second kappa shape index (κ2) is 13.6. The van der Waals surface area contributed by atoms with Gasteiger partial charge in [0.1, 0.15) is 5.82 Å². The molecule has 0 unspecified atom stereocenters. The Hall–Kier alpha value is -4.61. The number of fused-ring (bicyclic) bond motifs is 6. The second-order valence-corrected chi connectivity index (χ2v) is 18.1. The van der Waals surface area contributed by atoms with Gasteiger partial charge in [0.05, 0.1) is 0 Å². The molecule has 1 aliphatic heterocycles. The van der Waals surface area contributed by atoms with Crippen molar-refractivity contribution in [2.24, 2.45) is 0 Å². The van der Waals surface area contributed by atoms with E-state index in [0.29, 0.717) is 11.5 Å². The van der Waals surface area contributed by atoms with Crippen LogP contribution < -0.4 is 15.0 Å². The quantitative estimate of drug-likeness (QED) is 0.130. The summed E-state index contributed by atoms with van der Waals surface area (Å²) in [6, 6.07) is 31.0. The summed E-state index contributed by atoms with van der Waals surface area (Å²) >= 11 is 0.